The molecule has 0 saturated heterocycles. The van der Waals surface area contributed by atoms with Crippen molar-refractivity contribution < 1.29 is 9.90 Å². The topological polar surface area (TPSA) is 108 Å². The normalized spacial score (nSPS) is 9.45. The van der Waals surface area contributed by atoms with E-state index in [2.05, 4.69) is 32.3 Å². The summed E-state index contributed by atoms with van der Waals surface area (Å²) in [4.78, 5) is 26.9. The van der Waals surface area contributed by atoms with E-state index in [1.54, 1.807) is 12.1 Å². The Morgan fingerprint density at radius 2 is 2.25 bits per heavy atom. The van der Waals surface area contributed by atoms with Gasteiger partial charge in [0.2, 0.25) is 0 Å². The Labute approximate surface area is 113 Å². The molecule has 2 heterocycles. The summed E-state index contributed by atoms with van der Waals surface area (Å²) < 4.78 is 0. The number of aromatic amines is 1. The number of rotatable bonds is 2. The van der Waals surface area contributed by atoms with E-state index in [-0.39, 0.29) is 23.7 Å². The maximum atomic E-state index is 12.0. The highest BCUT2D eigenvalue weighted by Gasteiger charge is 2.12. The Bertz CT molecular complexity index is 723. The first-order valence-electron chi connectivity index (χ1n) is 5.62. The van der Waals surface area contributed by atoms with E-state index >= 15 is 0 Å². The molecule has 0 atom stereocenters. The predicted octanol–water partition coefficient (Wildman–Crippen LogP) is -0.239. The molecule has 3 N–H and O–H groups in total. The smallest absolute Gasteiger partial charge is 0.276 e. The molecule has 2 rings (SSSR count). The Morgan fingerprint density at radius 3 is 2.95 bits per heavy atom. The summed E-state index contributed by atoms with van der Waals surface area (Å²) in [5.74, 6) is 4.78. The lowest BCUT2D eigenvalue weighted by atomic mass is 10.2. The van der Waals surface area contributed by atoms with Crippen LogP contribution in [0.15, 0.2) is 35.3 Å². The van der Waals surface area contributed by atoms with Crippen LogP contribution in [0.3, 0.4) is 0 Å². The molecule has 0 saturated carbocycles. The first kappa shape index (κ1) is 13.5. The molecule has 0 radical (unpaired) electrons. The number of anilines is 1. The molecule has 20 heavy (non-hydrogen) atoms. The number of H-pyrrole nitrogens is 1. The van der Waals surface area contributed by atoms with E-state index < -0.39 is 5.91 Å². The summed E-state index contributed by atoms with van der Waals surface area (Å²) in [6, 6.07) is 5.87. The van der Waals surface area contributed by atoms with E-state index in [1.807, 2.05) is 0 Å². The monoisotopic (exact) mass is 270 g/mol. The summed E-state index contributed by atoms with van der Waals surface area (Å²) in [6.45, 7) is -0.308. The van der Waals surface area contributed by atoms with Gasteiger partial charge in [0.05, 0.1) is 5.56 Å². The number of nitrogens with zero attached hydrogens (tertiary/aromatic N) is 2. The number of aliphatic hydroxyl groups excluding tert-OH is 1. The number of nitrogens with one attached hydrogen (secondary N) is 2. The van der Waals surface area contributed by atoms with Gasteiger partial charge in [0, 0.05) is 12.3 Å². The molecule has 0 bridgehead atoms. The van der Waals surface area contributed by atoms with E-state index in [1.165, 1.54) is 18.3 Å². The van der Waals surface area contributed by atoms with Crippen molar-refractivity contribution in [3.8, 4) is 11.8 Å². The number of hydrogen-bond acceptors (Lipinski definition) is 5. The lowest BCUT2D eigenvalue weighted by molar-refractivity contribution is 0.102. The van der Waals surface area contributed by atoms with Crippen molar-refractivity contribution in [2.24, 2.45) is 0 Å². The minimum Gasteiger partial charge on any atom is -0.384 e. The Morgan fingerprint density at radius 1 is 1.40 bits per heavy atom. The van der Waals surface area contributed by atoms with Crippen LogP contribution in [0, 0.1) is 11.8 Å². The standard InChI is InChI=1S/C13H10N4O3/c18-8-2-4-9-3-1-7-14-12(9)13(20)15-10-5-6-11(19)17-16-10/h1,3,5-7,18H,8H2,(H,17,19)(H,15,16,20). The molecule has 0 spiro atoms. The molecular weight excluding hydrogens is 260 g/mol. The van der Waals surface area contributed by atoms with Gasteiger partial charge in [0.15, 0.2) is 5.82 Å². The zero-order chi connectivity index (χ0) is 14.4. The van der Waals surface area contributed by atoms with Crippen molar-refractivity contribution in [2.45, 2.75) is 0 Å². The summed E-state index contributed by atoms with van der Waals surface area (Å²) in [5, 5.41) is 17.0. The van der Waals surface area contributed by atoms with Crippen LogP contribution in [0.25, 0.3) is 0 Å². The molecule has 7 heteroatoms. The van der Waals surface area contributed by atoms with Crippen LogP contribution in [0.4, 0.5) is 5.82 Å². The molecule has 7 nitrogen and oxygen atoms in total. The first-order valence-corrected chi connectivity index (χ1v) is 5.62. The number of pyridine rings is 1. The molecule has 2 aromatic rings. The SMILES string of the molecule is O=C(Nc1ccc(=O)[nH]n1)c1ncccc1C#CCO. The quantitative estimate of drug-likeness (QED) is 0.653. The van der Waals surface area contributed by atoms with Gasteiger partial charge in [-0.25, -0.2) is 10.1 Å². The summed E-state index contributed by atoms with van der Waals surface area (Å²) in [7, 11) is 0. The van der Waals surface area contributed by atoms with E-state index in [4.69, 9.17) is 5.11 Å². The van der Waals surface area contributed by atoms with E-state index in [0.717, 1.165) is 0 Å². The van der Waals surface area contributed by atoms with Crippen molar-refractivity contribution in [1.29, 1.82) is 0 Å². The first-order chi connectivity index (χ1) is 9.70. The third kappa shape index (κ3) is 3.28. The largest absolute Gasteiger partial charge is 0.384 e. The summed E-state index contributed by atoms with van der Waals surface area (Å²) >= 11 is 0. The van der Waals surface area contributed by atoms with Crippen molar-refractivity contribution in [1.82, 2.24) is 15.2 Å². The second-order valence-corrected chi connectivity index (χ2v) is 3.62. The van der Waals surface area contributed by atoms with Crippen LogP contribution < -0.4 is 10.9 Å². The summed E-state index contributed by atoms with van der Waals surface area (Å²) in [5.41, 5.74) is 0.139. The highest BCUT2D eigenvalue weighted by atomic mass is 16.2. The van der Waals surface area contributed by atoms with Crippen LogP contribution in [-0.2, 0) is 0 Å². The Hall–Kier alpha value is -2.98. The van der Waals surface area contributed by atoms with Crippen LogP contribution >= 0.6 is 0 Å². The number of amides is 1. The fraction of sp³-hybridized carbons (Fsp3) is 0.0769. The van der Waals surface area contributed by atoms with Gasteiger partial charge in [-0.05, 0) is 18.2 Å². The Kier molecular flexibility index (Phi) is 4.21. The third-order valence-electron chi connectivity index (χ3n) is 2.25. The number of aromatic nitrogens is 3. The number of aliphatic hydroxyl groups is 1. The van der Waals surface area contributed by atoms with Gasteiger partial charge in [-0.2, -0.15) is 5.10 Å². The summed E-state index contributed by atoms with van der Waals surface area (Å²) in [6.07, 6.45) is 1.46. The van der Waals surface area contributed by atoms with Crippen molar-refractivity contribution in [2.75, 3.05) is 11.9 Å². The minimum atomic E-state index is -0.507. The molecule has 0 aromatic carbocycles. The van der Waals surface area contributed by atoms with Gasteiger partial charge in [-0.1, -0.05) is 11.8 Å². The predicted molar refractivity (Wildman–Crippen MR) is 71.0 cm³/mol. The zero-order valence-corrected chi connectivity index (χ0v) is 10.3. The van der Waals surface area contributed by atoms with Gasteiger partial charge in [0.25, 0.3) is 11.5 Å². The molecule has 100 valence electrons. The molecule has 2 aromatic heterocycles. The van der Waals surface area contributed by atoms with Gasteiger partial charge in [0.1, 0.15) is 12.3 Å². The maximum absolute atomic E-state index is 12.0. The third-order valence-corrected chi connectivity index (χ3v) is 2.25. The second kappa shape index (κ2) is 6.26. The lowest BCUT2D eigenvalue weighted by Crippen LogP contribution is -2.18. The van der Waals surface area contributed by atoms with E-state index in [9.17, 15) is 9.59 Å². The minimum absolute atomic E-state index is 0.112. The van der Waals surface area contributed by atoms with Crippen molar-refractivity contribution >= 4 is 11.7 Å². The van der Waals surface area contributed by atoms with Gasteiger partial charge < -0.3 is 10.4 Å². The van der Waals surface area contributed by atoms with Gasteiger partial charge >= 0.3 is 0 Å². The fourth-order valence-corrected chi connectivity index (χ4v) is 1.41. The van der Waals surface area contributed by atoms with Crippen molar-refractivity contribution in [3.05, 3.63) is 52.1 Å². The molecule has 0 aliphatic rings. The lowest BCUT2D eigenvalue weighted by Gasteiger charge is -2.04. The average molecular weight is 270 g/mol. The van der Waals surface area contributed by atoms with Crippen molar-refractivity contribution in [3.63, 3.8) is 0 Å². The second-order valence-electron chi connectivity index (χ2n) is 3.62. The number of hydrogen-bond donors (Lipinski definition) is 3. The Balaban J connectivity index is 2.25. The molecule has 0 unspecified atom stereocenters. The number of carbonyl (C=O) groups excluding carboxylic acids is 1. The molecule has 0 aliphatic carbocycles. The average Bonchev–Trinajstić information content (AvgIpc) is 2.47. The van der Waals surface area contributed by atoms with Gasteiger partial charge in [-0.3, -0.25) is 9.59 Å². The van der Waals surface area contributed by atoms with Gasteiger partial charge in [-0.15, -0.1) is 0 Å². The van der Waals surface area contributed by atoms with Crippen LogP contribution in [-0.4, -0.2) is 32.8 Å². The highest BCUT2D eigenvalue weighted by molar-refractivity contribution is 6.03. The van der Waals surface area contributed by atoms with E-state index in [0.29, 0.717) is 5.56 Å². The number of carbonyl (C=O) groups is 1. The van der Waals surface area contributed by atoms with Crippen LogP contribution in [0.2, 0.25) is 0 Å². The zero-order valence-electron chi connectivity index (χ0n) is 10.3. The van der Waals surface area contributed by atoms with Crippen LogP contribution in [0.1, 0.15) is 16.1 Å². The van der Waals surface area contributed by atoms with Crippen LogP contribution in [0.5, 0.6) is 0 Å². The highest BCUT2D eigenvalue weighted by Crippen LogP contribution is 2.06. The fourth-order valence-electron chi connectivity index (χ4n) is 1.41. The molecule has 0 fully saturated rings. The molecule has 1 amide bonds. The maximum Gasteiger partial charge on any atom is 0.276 e. The molecule has 0 aliphatic heterocycles. The molecular formula is C13H10N4O3.